The van der Waals surface area contributed by atoms with Gasteiger partial charge < -0.3 is 9.64 Å². The maximum atomic E-state index is 12.0. The highest BCUT2D eigenvalue weighted by atomic mass is 35.5. The van der Waals surface area contributed by atoms with Crippen molar-refractivity contribution in [2.75, 3.05) is 18.6 Å². The largest absolute Gasteiger partial charge is 0.462 e. The maximum absolute atomic E-state index is 12.0. The number of anilines is 2. The number of aromatic nitrogens is 2. The van der Waals surface area contributed by atoms with Crippen LogP contribution in [0.15, 0.2) is 30.5 Å². The van der Waals surface area contributed by atoms with E-state index in [0.717, 1.165) is 6.20 Å². The van der Waals surface area contributed by atoms with Crippen molar-refractivity contribution in [2.45, 2.75) is 6.92 Å². The predicted molar refractivity (Wildman–Crippen MR) is 84.2 cm³/mol. The molecule has 23 heavy (non-hydrogen) atoms. The van der Waals surface area contributed by atoms with Crippen molar-refractivity contribution in [3.05, 3.63) is 51.4 Å². The summed E-state index contributed by atoms with van der Waals surface area (Å²) in [6.07, 6.45) is 1.02. The molecule has 0 atom stereocenters. The zero-order valence-corrected chi connectivity index (χ0v) is 13.1. The Balaban J connectivity index is 2.54. The normalized spacial score (nSPS) is 10.2. The molecule has 0 aliphatic carbocycles. The second-order valence-electron chi connectivity index (χ2n) is 4.40. The van der Waals surface area contributed by atoms with Crippen LogP contribution in [0.5, 0.6) is 0 Å². The van der Waals surface area contributed by atoms with Gasteiger partial charge in [-0.2, -0.15) is 4.98 Å². The number of esters is 1. The van der Waals surface area contributed by atoms with Gasteiger partial charge in [0.25, 0.3) is 0 Å². The lowest BCUT2D eigenvalue weighted by atomic mass is 10.1. The molecule has 120 valence electrons. The molecule has 0 aliphatic heterocycles. The number of para-hydroxylation sites is 1. The Kier molecular flexibility index (Phi) is 5.07. The van der Waals surface area contributed by atoms with Crippen molar-refractivity contribution in [3.8, 4) is 0 Å². The fourth-order valence-electron chi connectivity index (χ4n) is 1.98. The Bertz CT molecular complexity index is 753. The van der Waals surface area contributed by atoms with E-state index in [9.17, 15) is 14.9 Å². The van der Waals surface area contributed by atoms with Crippen LogP contribution in [0, 0.1) is 10.1 Å². The zero-order chi connectivity index (χ0) is 17.0. The van der Waals surface area contributed by atoms with Crippen molar-refractivity contribution in [2.24, 2.45) is 0 Å². The number of halogens is 1. The van der Waals surface area contributed by atoms with E-state index in [-0.39, 0.29) is 29.0 Å². The summed E-state index contributed by atoms with van der Waals surface area (Å²) in [7, 11) is 1.55. The van der Waals surface area contributed by atoms with Crippen LogP contribution < -0.4 is 4.90 Å². The first kappa shape index (κ1) is 16.6. The summed E-state index contributed by atoms with van der Waals surface area (Å²) in [6.45, 7) is 1.91. The summed E-state index contributed by atoms with van der Waals surface area (Å²) in [5, 5.41) is 11.0. The summed E-state index contributed by atoms with van der Waals surface area (Å²) in [6, 6.07) is 6.57. The van der Waals surface area contributed by atoms with Crippen LogP contribution >= 0.6 is 11.6 Å². The van der Waals surface area contributed by atoms with Crippen LogP contribution in [-0.2, 0) is 4.74 Å². The molecule has 0 saturated carbocycles. The van der Waals surface area contributed by atoms with Crippen LogP contribution in [0.25, 0.3) is 0 Å². The number of nitrogens with zero attached hydrogens (tertiary/aromatic N) is 4. The summed E-state index contributed by atoms with van der Waals surface area (Å²) in [5.41, 5.74) is 0.347. The Morgan fingerprint density at radius 1 is 1.43 bits per heavy atom. The van der Waals surface area contributed by atoms with Gasteiger partial charge in [-0.15, -0.1) is 0 Å². The highest BCUT2D eigenvalue weighted by molar-refractivity contribution is 6.28. The molecule has 9 heteroatoms. The van der Waals surface area contributed by atoms with Gasteiger partial charge in [0.15, 0.2) is 0 Å². The number of carbonyl (C=O) groups is 1. The van der Waals surface area contributed by atoms with Gasteiger partial charge in [0.1, 0.15) is 6.20 Å². The third kappa shape index (κ3) is 3.54. The number of hydrogen-bond acceptors (Lipinski definition) is 7. The minimum Gasteiger partial charge on any atom is -0.462 e. The number of carbonyl (C=O) groups excluding carboxylic acids is 1. The van der Waals surface area contributed by atoms with E-state index >= 15 is 0 Å². The van der Waals surface area contributed by atoms with E-state index < -0.39 is 10.9 Å². The fourth-order valence-corrected chi connectivity index (χ4v) is 2.11. The Hall–Kier alpha value is -2.74. The van der Waals surface area contributed by atoms with E-state index in [1.807, 2.05) is 0 Å². The molecule has 0 spiro atoms. The lowest BCUT2D eigenvalue weighted by molar-refractivity contribution is -0.384. The molecule has 0 bridgehead atoms. The van der Waals surface area contributed by atoms with Gasteiger partial charge in [-0.25, -0.2) is 9.78 Å². The first-order chi connectivity index (χ1) is 11.0. The third-order valence-electron chi connectivity index (χ3n) is 3.00. The summed E-state index contributed by atoms with van der Waals surface area (Å²) < 4.78 is 5.00. The second kappa shape index (κ2) is 7.01. The number of hydrogen-bond donors (Lipinski definition) is 0. The molecule has 1 aromatic heterocycles. The Morgan fingerprint density at radius 2 is 2.13 bits per heavy atom. The predicted octanol–water partition coefficient (Wildman–Crippen LogP) is 2.98. The topological polar surface area (TPSA) is 98.5 Å². The third-order valence-corrected chi connectivity index (χ3v) is 3.18. The van der Waals surface area contributed by atoms with Gasteiger partial charge in [-0.05, 0) is 30.7 Å². The molecule has 0 amide bonds. The number of rotatable bonds is 5. The average molecular weight is 337 g/mol. The van der Waals surface area contributed by atoms with Crippen LogP contribution in [-0.4, -0.2) is 34.5 Å². The van der Waals surface area contributed by atoms with Gasteiger partial charge >= 0.3 is 11.7 Å². The maximum Gasteiger partial charge on any atom is 0.340 e. The fraction of sp³-hybridized carbons (Fsp3) is 0.214. The van der Waals surface area contributed by atoms with Crippen molar-refractivity contribution in [3.63, 3.8) is 0 Å². The smallest absolute Gasteiger partial charge is 0.340 e. The first-order valence-corrected chi connectivity index (χ1v) is 7.00. The summed E-state index contributed by atoms with van der Waals surface area (Å²) in [4.78, 5) is 31.5. The number of benzene rings is 1. The minimum atomic E-state index is -0.616. The van der Waals surface area contributed by atoms with Crippen molar-refractivity contribution >= 4 is 34.8 Å². The second-order valence-corrected chi connectivity index (χ2v) is 4.74. The standard InChI is InChI=1S/C14H13ClN4O4/c1-3-23-13(20)9-6-4-5-7-10(9)18(2)12-11(19(21)22)8-16-14(15)17-12/h4-8H,3H2,1-2H3. The quantitative estimate of drug-likeness (QED) is 0.358. The van der Waals surface area contributed by atoms with Crippen molar-refractivity contribution < 1.29 is 14.5 Å². The van der Waals surface area contributed by atoms with E-state index in [1.54, 1.807) is 38.2 Å². The number of ether oxygens (including phenoxy) is 1. The zero-order valence-electron chi connectivity index (χ0n) is 12.4. The Morgan fingerprint density at radius 3 is 2.78 bits per heavy atom. The van der Waals surface area contributed by atoms with E-state index in [1.165, 1.54) is 4.90 Å². The summed E-state index contributed by atoms with van der Waals surface area (Å²) in [5.74, 6) is -0.551. The molecule has 8 nitrogen and oxygen atoms in total. The lowest BCUT2D eigenvalue weighted by Gasteiger charge is -2.20. The molecule has 0 saturated heterocycles. The van der Waals surface area contributed by atoms with Gasteiger partial charge in [-0.1, -0.05) is 12.1 Å². The van der Waals surface area contributed by atoms with E-state index in [0.29, 0.717) is 5.69 Å². The lowest BCUT2D eigenvalue weighted by Crippen LogP contribution is -2.18. The highest BCUT2D eigenvalue weighted by Crippen LogP contribution is 2.32. The number of nitro groups is 1. The van der Waals surface area contributed by atoms with Gasteiger partial charge in [0.2, 0.25) is 11.1 Å². The molecule has 0 aliphatic rings. The molecule has 0 unspecified atom stereocenters. The molecule has 2 aromatic rings. The van der Waals surface area contributed by atoms with Gasteiger partial charge in [-0.3, -0.25) is 10.1 Å². The summed E-state index contributed by atoms with van der Waals surface area (Å²) >= 11 is 5.74. The minimum absolute atomic E-state index is 0.0215. The van der Waals surface area contributed by atoms with Gasteiger partial charge in [0, 0.05) is 7.05 Å². The Labute approximate surface area is 136 Å². The van der Waals surface area contributed by atoms with Crippen molar-refractivity contribution in [1.29, 1.82) is 0 Å². The van der Waals surface area contributed by atoms with E-state index in [2.05, 4.69) is 9.97 Å². The average Bonchev–Trinajstić information content (AvgIpc) is 2.54. The van der Waals surface area contributed by atoms with E-state index in [4.69, 9.17) is 16.3 Å². The van der Waals surface area contributed by atoms with Crippen molar-refractivity contribution in [1.82, 2.24) is 9.97 Å². The van der Waals surface area contributed by atoms with Crippen LogP contribution in [0.4, 0.5) is 17.2 Å². The first-order valence-electron chi connectivity index (χ1n) is 6.62. The van der Waals surface area contributed by atoms with Crippen LogP contribution in [0.2, 0.25) is 5.28 Å². The molecule has 0 fully saturated rings. The molecule has 0 N–H and O–H groups in total. The SMILES string of the molecule is CCOC(=O)c1ccccc1N(C)c1nc(Cl)ncc1[N+](=O)[O-]. The molecular formula is C14H13ClN4O4. The molecule has 1 heterocycles. The molecule has 1 aromatic carbocycles. The van der Waals surface area contributed by atoms with Crippen LogP contribution in [0.1, 0.15) is 17.3 Å². The van der Waals surface area contributed by atoms with Gasteiger partial charge in [0.05, 0.1) is 22.8 Å². The molecule has 2 rings (SSSR count). The van der Waals surface area contributed by atoms with Crippen LogP contribution in [0.3, 0.4) is 0 Å². The highest BCUT2D eigenvalue weighted by Gasteiger charge is 2.24. The molecule has 0 radical (unpaired) electrons. The molecular weight excluding hydrogens is 324 g/mol. The monoisotopic (exact) mass is 336 g/mol.